The molecule has 0 aliphatic rings. The maximum Gasteiger partial charge on any atom is 0.252 e. The van der Waals surface area contributed by atoms with Crippen LogP contribution < -0.4 is 10.1 Å². The molecule has 0 bridgehead atoms. The number of benzene rings is 3. The van der Waals surface area contributed by atoms with E-state index in [9.17, 15) is 4.79 Å². The average molecular weight is 435 g/mol. The van der Waals surface area contributed by atoms with Crippen molar-refractivity contribution in [1.29, 1.82) is 0 Å². The maximum absolute atomic E-state index is 13.0. The molecule has 4 nitrogen and oxygen atoms in total. The summed E-state index contributed by atoms with van der Waals surface area (Å²) in [6.07, 6.45) is 0. The first kappa shape index (κ1) is 20.3. The highest BCUT2D eigenvalue weighted by molar-refractivity contribution is 7.99. The molecule has 4 aromatic rings. The Morgan fingerprint density at radius 2 is 1.77 bits per heavy atom. The number of amides is 1. The van der Waals surface area contributed by atoms with E-state index < -0.39 is 0 Å². The molecule has 150 valence electrons. The van der Waals surface area contributed by atoms with E-state index >= 15 is 0 Å². The van der Waals surface area contributed by atoms with Crippen LogP contribution in [0.1, 0.15) is 15.9 Å². The molecule has 30 heavy (non-hydrogen) atoms. The van der Waals surface area contributed by atoms with Gasteiger partial charge in [0.1, 0.15) is 10.8 Å². The van der Waals surface area contributed by atoms with E-state index in [1.165, 1.54) is 11.8 Å². The summed E-state index contributed by atoms with van der Waals surface area (Å²) in [6, 6.07) is 24.7. The molecule has 6 heteroatoms. The highest BCUT2D eigenvalue weighted by Crippen LogP contribution is 2.34. The van der Waals surface area contributed by atoms with Gasteiger partial charge in [0.2, 0.25) is 0 Å². The molecule has 0 saturated carbocycles. The van der Waals surface area contributed by atoms with Crippen LogP contribution in [-0.4, -0.2) is 18.0 Å². The first-order valence-corrected chi connectivity index (χ1v) is 10.6. The van der Waals surface area contributed by atoms with Gasteiger partial charge in [-0.15, -0.1) is 0 Å². The average Bonchev–Trinajstić information content (AvgIpc) is 2.79. The summed E-state index contributed by atoms with van der Waals surface area (Å²) in [7, 11) is 1.63. The molecule has 0 unspecified atom stereocenters. The number of pyridine rings is 1. The normalized spacial score (nSPS) is 10.7. The van der Waals surface area contributed by atoms with Gasteiger partial charge in [-0.1, -0.05) is 65.8 Å². The van der Waals surface area contributed by atoms with Crippen molar-refractivity contribution < 1.29 is 9.53 Å². The van der Waals surface area contributed by atoms with Crippen molar-refractivity contribution in [3.05, 3.63) is 95.0 Å². The molecule has 1 N–H and O–H groups in total. The van der Waals surface area contributed by atoms with Gasteiger partial charge in [0.25, 0.3) is 5.91 Å². The lowest BCUT2D eigenvalue weighted by Crippen LogP contribution is -2.23. The first-order chi connectivity index (χ1) is 14.6. The summed E-state index contributed by atoms with van der Waals surface area (Å²) < 4.78 is 5.18. The SMILES string of the molecule is COc1ccc(CNC(=O)c2cc(Sc3ccccc3Cl)nc3ccccc23)cc1. The molecule has 0 fully saturated rings. The number of fused-ring (bicyclic) bond motifs is 1. The number of rotatable bonds is 6. The molecule has 0 atom stereocenters. The molecular formula is C24H19ClN2O2S. The first-order valence-electron chi connectivity index (χ1n) is 9.37. The van der Waals surface area contributed by atoms with Crippen LogP contribution in [0.15, 0.2) is 88.8 Å². The van der Waals surface area contributed by atoms with Gasteiger partial charge in [-0.3, -0.25) is 4.79 Å². The van der Waals surface area contributed by atoms with E-state index in [0.29, 0.717) is 17.1 Å². The number of halogens is 1. The summed E-state index contributed by atoms with van der Waals surface area (Å²) >= 11 is 7.74. The molecule has 1 heterocycles. The molecule has 4 rings (SSSR count). The minimum absolute atomic E-state index is 0.148. The second kappa shape index (κ2) is 9.20. The minimum atomic E-state index is -0.148. The van der Waals surface area contributed by atoms with Crippen LogP contribution >= 0.6 is 23.4 Å². The molecular weight excluding hydrogens is 416 g/mol. The Morgan fingerprint density at radius 1 is 1.03 bits per heavy atom. The van der Waals surface area contributed by atoms with Gasteiger partial charge in [0.05, 0.1) is 23.2 Å². The Bertz CT molecular complexity index is 1200. The summed E-state index contributed by atoms with van der Waals surface area (Å²) in [5.74, 6) is 0.636. The standard InChI is InChI=1S/C24H19ClN2O2S/c1-29-17-12-10-16(11-13-17)15-26-24(28)19-14-23(27-21-8-4-2-6-18(19)21)30-22-9-5-3-7-20(22)25/h2-14H,15H2,1H3,(H,26,28). The fourth-order valence-corrected chi connectivity index (χ4v) is 4.16. The van der Waals surface area contributed by atoms with Crippen LogP contribution in [0.25, 0.3) is 10.9 Å². The zero-order chi connectivity index (χ0) is 20.9. The topological polar surface area (TPSA) is 51.2 Å². The van der Waals surface area contributed by atoms with Crippen molar-refractivity contribution in [2.45, 2.75) is 16.5 Å². The number of hydrogen-bond acceptors (Lipinski definition) is 4. The molecule has 0 radical (unpaired) electrons. The molecule has 0 aliphatic heterocycles. The van der Waals surface area contributed by atoms with Gasteiger partial charge in [-0.05, 0) is 42.0 Å². The van der Waals surface area contributed by atoms with Crippen LogP contribution in [0.4, 0.5) is 0 Å². The summed E-state index contributed by atoms with van der Waals surface area (Å²) in [5.41, 5.74) is 2.35. The lowest BCUT2D eigenvalue weighted by Gasteiger charge is -2.11. The van der Waals surface area contributed by atoms with Crippen LogP contribution in [0.2, 0.25) is 5.02 Å². The van der Waals surface area contributed by atoms with Crippen molar-refractivity contribution in [3.63, 3.8) is 0 Å². The number of para-hydroxylation sites is 1. The van der Waals surface area contributed by atoms with Gasteiger partial charge in [0.15, 0.2) is 0 Å². The lowest BCUT2D eigenvalue weighted by atomic mass is 10.1. The van der Waals surface area contributed by atoms with E-state index in [0.717, 1.165) is 32.1 Å². The lowest BCUT2D eigenvalue weighted by molar-refractivity contribution is 0.0952. The highest BCUT2D eigenvalue weighted by Gasteiger charge is 2.14. The molecule has 0 aliphatic carbocycles. The van der Waals surface area contributed by atoms with Crippen LogP contribution in [0.5, 0.6) is 5.75 Å². The van der Waals surface area contributed by atoms with Crippen LogP contribution in [0.3, 0.4) is 0 Å². The van der Waals surface area contributed by atoms with Crippen molar-refractivity contribution >= 4 is 40.2 Å². The Labute approximate surface area is 184 Å². The number of carbonyl (C=O) groups excluding carboxylic acids is 1. The Balaban J connectivity index is 1.61. The molecule has 1 amide bonds. The monoisotopic (exact) mass is 434 g/mol. The highest BCUT2D eigenvalue weighted by atomic mass is 35.5. The van der Waals surface area contributed by atoms with Gasteiger partial charge in [-0.2, -0.15) is 0 Å². The third-order valence-electron chi connectivity index (χ3n) is 4.60. The predicted molar refractivity (Wildman–Crippen MR) is 121 cm³/mol. The molecule has 1 aromatic heterocycles. The number of hydrogen-bond donors (Lipinski definition) is 1. The molecule has 3 aromatic carbocycles. The third-order valence-corrected chi connectivity index (χ3v) is 6.04. The van der Waals surface area contributed by atoms with E-state index in [-0.39, 0.29) is 5.91 Å². The van der Waals surface area contributed by atoms with E-state index in [2.05, 4.69) is 5.32 Å². The number of ether oxygens (including phenoxy) is 1. The quantitative estimate of drug-likeness (QED) is 0.405. The smallest absolute Gasteiger partial charge is 0.252 e. The van der Waals surface area contributed by atoms with Crippen molar-refractivity contribution in [3.8, 4) is 5.75 Å². The Hall–Kier alpha value is -3.02. The minimum Gasteiger partial charge on any atom is -0.497 e. The van der Waals surface area contributed by atoms with Crippen molar-refractivity contribution in [2.75, 3.05) is 7.11 Å². The summed E-state index contributed by atoms with van der Waals surface area (Å²) in [5, 5.41) is 5.19. The molecule has 0 saturated heterocycles. The summed E-state index contributed by atoms with van der Waals surface area (Å²) in [6.45, 7) is 0.423. The van der Waals surface area contributed by atoms with E-state index in [1.807, 2.05) is 78.9 Å². The van der Waals surface area contributed by atoms with Gasteiger partial charge in [-0.25, -0.2) is 4.98 Å². The zero-order valence-electron chi connectivity index (χ0n) is 16.3. The second-order valence-electron chi connectivity index (χ2n) is 6.59. The fraction of sp³-hybridized carbons (Fsp3) is 0.0833. The van der Waals surface area contributed by atoms with Gasteiger partial charge >= 0.3 is 0 Å². The van der Waals surface area contributed by atoms with Crippen molar-refractivity contribution in [2.24, 2.45) is 0 Å². The van der Waals surface area contributed by atoms with Gasteiger partial charge < -0.3 is 10.1 Å². The van der Waals surface area contributed by atoms with Crippen LogP contribution in [0, 0.1) is 0 Å². The second-order valence-corrected chi connectivity index (χ2v) is 8.06. The van der Waals surface area contributed by atoms with Crippen LogP contribution in [-0.2, 0) is 6.54 Å². The number of nitrogens with one attached hydrogen (secondary N) is 1. The maximum atomic E-state index is 13.0. The number of methoxy groups -OCH3 is 1. The largest absolute Gasteiger partial charge is 0.497 e. The Kier molecular flexibility index (Phi) is 6.21. The Morgan fingerprint density at radius 3 is 2.53 bits per heavy atom. The van der Waals surface area contributed by atoms with E-state index in [1.54, 1.807) is 7.11 Å². The fourth-order valence-electron chi connectivity index (χ4n) is 3.05. The molecule has 0 spiro atoms. The third kappa shape index (κ3) is 4.58. The van der Waals surface area contributed by atoms with Gasteiger partial charge in [0, 0.05) is 16.8 Å². The van der Waals surface area contributed by atoms with E-state index in [4.69, 9.17) is 21.3 Å². The number of nitrogens with zero attached hydrogens (tertiary/aromatic N) is 1. The van der Waals surface area contributed by atoms with Crippen molar-refractivity contribution in [1.82, 2.24) is 10.3 Å². The summed E-state index contributed by atoms with van der Waals surface area (Å²) in [4.78, 5) is 18.6. The predicted octanol–water partition coefficient (Wildman–Crippen LogP) is 5.98. The zero-order valence-corrected chi connectivity index (χ0v) is 17.8. The number of carbonyl (C=O) groups is 1. The number of aromatic nitrogens is 1.